The van der Waals surface area contributed by atoms with Crippen molar-refractivity contribution in [1.29, 1.82) is 0 Å². The number of rotatable bonds is 7. The Hall–Kier alpha value is -1.60. The van der Waals surface area contributed by atoms with Crippen LogP contribution in [0.1, 0.15) is 30.4 Å². The van der Waals surface area contributed by atoms with E-state index in [1.165, 1.54) is 0 Å². The van der Waals surface area contributed by atoms with Gasteiger partial charge in [-0.15, -0.1) is 0 Å². The first kappa shape index (κ1) is 16.5. The highest BCUT2D eigenvalue weighted by Crippen LogP contribution is 2.14. The molecule has 0 aliphatic heterocycles. The van der Waals surface area contributed by atoms with Crippen LogP contribution in [0.4, 0.5) is 0 Å². The van der Waals surface area contributed by atoms with E-state index in [1.54, 1.807) is 18.2 Å². The highest BCUT2D eigenvalue weighted by atomic mass is 32.2. The van der Waals surface area contributed by atoms with Gasteiger partial charge in [-0.25, -0.2) is 13.1 Å². The quantitative estimate of drug-likeness (QED) is 0.233. The summed E-state index contributed by atoms with van der Waals surface area (Å²) in [5, 5.41) is 11.2. The Kier molecular flexibility index (Phi) is 5.97. The third kappa shape index (κ3) is 4.82. The van der Waals surface area contributed by atoms with Gasteiger partial charge in [0.1, 0.15) is 5.84 Å². The fourth-order valence-electron chi connectivity index (χ4n) is 1.65. The van der Waals surface area contributed by atoms with Gasteiger partial charge in [-0.3, -0.25) is 0 Å². The molecular formula is C13H21N3O3S. The van der Waals surface area contributed by atoms with Gasteiger partial charge in [-0.1, -0.05) is 11.2 Å². The normalized spacial score (nSPS) is 12.6. The number of hydrogen-bond acceptors (Lipinski definition) is 4. The molecule has 0 amide bonds. The van der Waals surface area contributed by atoms with Gasteiger partial charge in [0.2, 0.25) is 10.0 Å². The van der Waals surface area contributed by atoms with Gasteiger partial charge in [0.05, 0.1) is 4.90 Å². The van der Waals surface area contributed by atoms with Crippen LogP contribution < -0.4 is 10.5 Å². The summed E-state index contributed by atoms with van der Waals surface area (Å²) in [6, 6.07) is 5.05. The largest absolute Gasteiger partial charge is 0.409 e. The zero-order chi connectivity index (χ0) is 15.2. The van der Waals surface area contributed by atoms with Crippen LogP contribution in [0, 0.1) is 13.8 Å². The van der Waals surface area contributed by atoms with Crippen molar-refractivity contribution in [1.82, 2.24) is 4.72 Å². The molecule has 7 heteroatoms. The Bertz CT molecular complexity index is 583. The molecule has 0 fully saturated rings. The number of amidine groups is 1. The number of aryl methyl sites for hydroxylation is 2. The molecule has 0 atom stereocenters. The first-order valence-electron chi connectivity index (χ1n) is 6.40. The Morgan fingerprint density at radius 3 is 2.60 bits per heavy atom. The van der Waals surface area contributed by atoms with Crippen molar-refractivity contribution in [2.24, 2.45) is 10.9 Å². The molecule has 6 nitrogen and oxygen atoms in total. The van der Waals surface area contributed by atoms with Crippen molar-refractivity contribution in [3.63, 3.8) is 0 Å². The van der Waals surface area contributed by atoms with Crippen molar-refractivity contribution >= 4 is 15.9 Å². The molecule has 0 saturated carbocycles. The van der Waals surface area contributed by atoms with Crippen LogP contribution in [-0.4, -0.2) is 26.0 Å². The first-order chi connectivity index (χ1) is 9.36. The molecule has 0 aromatic heterocycles. The monoisotopic (exact) mass is 299 g/mol. The maximum Gasteiger partial charge on any atom is 0.240 e. The van der Waals surface area contributed by atoms with Crippen molar-refractivity contribution in [2.75, 3.05) is 6.54 Å². The SMILES string of the molecule is Cc1ccc(S(=O)(=O)NCCCCC(N)=NO)cc1C. The lowest BCUT2D eigenvalue weighted by Gasteiger charge is -2.08. The standard InChI is InChI=1S/C13H21N3O3S/c1-10-6-7-12(9-11(10)2)20(18,19)15-8-4-3-5-13(14)16-17/h6-7,9,15,17H,3-5,8H2,1-2H3,(H2,14,16). The Balaban J connectivity index is 2.51. The average Bonchev–Trinajstić information content (AvgIpc) is 2.40. The lowest BCUT2D eigenvalue weighted by molar-refractivity contribution is 0.316. The summed E-state index contributed by atoms with van der Waals surface area (Å²) in [5.74, 6) is 0.155. The van der Waals surface area contributed by atoms with Crippen molar-refractivity contribution in [2.45, 2.75) is 38.0 Å². The Morgan fingerprint density at radius 2 is 2.00 bits per heavy atom. The predicted octanol–water partition coefficient (Wildman–Crippen LogP) is 1.50. The third-order valence-electron chi connectivity index (χ3n) is 3.07. The van der Waals surface area contributed by atoms with Gasteiger partial charge in [0, 0.05) is 13.0 Å². The average molecular weight is 299 g/mol. The lowest BCUT2D eigenvalue weighted by Crippen LogP contribution is -2.25. The summed E-state index contributed by atoms with van der Waals surface area (Å²) in [5.41, 5.74) is 7.33. The lowest BCUT2D eigenvalue weighted by atomic mass is 10.1. The topological polar surface area (TPSA) is 105 Å². The van der Waals surface area contributed by atoms with Gasteiger partial charge in [-0.2, -0.15) is 0 Å². The van der Waals surface area contributed by atoms with E-state index in [9.17, 15) is 8.42 Å². The van der Waals surface area contributed by atoms with Crippen molar-refractivity contribution in [3.05, 3.63) is 29.3 Å². The molecule has 0 saturated heterocycles. The van der Waals surface area contributed by atoms with Crippen LogP contribution in [0.25, 0.3) is 0 Å². The molecule has 4 N–H and O–H groups in total. The van der Waals surface area contributed by atoms with E-state index >= 15 is 0 Å². The molecule has 0 radical (unpaired) electrons. The molecule has 112 valence electrons. The van der Waals surface area contributed by atoms with Crippen molar-refractivity contribution < 1.29 is 13.6 Å². The summed E-state index contributed by atoms with van der Waals surface area (Å²) >= 11 is 0. The van der Waals surface area contributed by atoms with Crippen molar-refractivity contribution in [3.8, 4) is 0 Å². The molecule has 1 aromatic rings. The smallest absolute Gasteiger partial charge is 0.240 e. The molecule has 1 aromatic carbocycles. The Morgan fingerprint density at radius 1 is 1.30 bits per heavy atom. The minimum Gasteiger partial charge on any atom is -0.409 e. The number of sulfonamides is 1. The maximum atomic E-state index is 12.0. The second kappa shape index (κ2) is 7.25. The van der Waals surface area contributed by atoms with Crippen LogP contribution in [0.2, 0.25) is 0 Å². The fraction of sp³-hybridized carbons (Fsp3) is 0.462. The zero-order valence-electron chi connectivity index (χ0n) is 11.8. The fourth-order valence-corrected chi connectivity index (χ4v) is 2.81. The molecule has 1 rings (SSSR count). The van der Waals surface area contributed by atoms with Gasteiger partial charge < -0.3 is 10.9 Å². The highest BCUT2D eigenvalue weighted by Gasteiger charge is 2.13. The summed E-state index contributed by atoms with van der Waals surface area (Å²) in [6.07, 6.45) is 1.73. The van der Waals surface area contributed by atoms with Gasteiger partial charge in [0.15, 0.2) is 0 Å². The highest BCUT2D eigenvalue weighted by molar-refractivity contribution is 7.89. The van der Waals surface area contributed by atoms with E-state index in [1.807, 2.05) is 13.8 Å². The molecule has 20 heavy (non-hydrogen) atoms. The number of nitrogens with zero attached hydrogens (tertiary/aromatic N) is 1. The number of benzene rings is 1. The summed E-state index contributed by atoms with van der Waals surface area (Å²) in [6.45, 7) is 4.14. The first-order valence-corrected chi connectivity index (χ1v) is 7.88. The number of unbranched alkanes of at least 4 members (excludes halogenated alkanes) is 1. The minimum absolute atomic E-state index is 0.155. The van der Waals surface area contributed by atoms with Gasteiger partial charge in [0.25, 0.3) is 0 Å². The van der Waals surface area contributed by atoms with E-state index in [0.717, 1.165) is 11.1 Å². The number of nitrogens with two attached hydrogens (primary N) is 1. The van der Waals surface area contributed by atoms with E-state index in [2.05, 4.69) is 9.88 Å². The Labute approximate surface area is 119 Å². The number of hydrogen-bond donors (Lipinski definition) is 3. The third-order valence-corrected chi connectivity index (χ3v) is 4.53. The second-order valence-electron chi connectivity index (χ2n) is 4.69. The van der Waals surface area contributed by atoms with Gasteiger partial charge in [-0.05, 0) is 49.9 Å². The molecule has 0 heterocycles. The van der Waals surface area contributed by atoms with E-state index in [4.69, 9.17) is 10.9 Å². The van der Waals surface area contributed by atoms with Crippen LogP contribution in [-0.2, 0) is 10.0 Å². The number of nitrogens with one attached hydrogen (secondary N) is 1. The maximum absolute atomic E-state index is 12.0. The van der Waals surface area contributed by atoms with Gasteiger partial charge >= 0.3 is 0 Å². The molecular weight excluding hydrogens is 278 g/mol. The molecule has 0 aliphatic carbocycles. The summed E-state index contributed by atoms with van der Waals surface area (Å²) in [4.78, 5) is 0.275. The molecule has 0 unspecified atom stereocenters. The molecule has 0 aliphatic rings. The molecule has 0 spiro atoms. The van der Waals surface area contributed by atoms with E-state index < -0.39 is 10.0 Å². The minimum atomic E-state index is -3.47. The van der Waals surface area contributed by atoms with E-state index in [-0.39, 0.29) is 10.7 Å². The van der Waals surface area contributed by atoms with E-state index in [0.29, 0.717) is 25.8 Å². The summed E-state index contributed by atoms with van der Waals surface area (Å²) < 4.78 is 26.6. The molecule has 0 bridgehead atoms. The van der Waals surface area contributed by atoms with Crippen LogP contribution in [0.15, 0.2) is 28.3 Å². The van der Waals surface area contributed by atoms with Crippen LogP contribution in [0.5, 0.6) is 0 Å². The second-order valence-corrected chi connectivity index (χ2v) is 6.46. The summed E-state index contributed by atoms with van der Waals surface area (Å²) in [7, 11) is -3.47. The predicted molar refractivity (Wildman–Crippen MR) is 78.4 cm³/mol. The van der Waals surface area contributed by atoms with Crippen LogP contribution in [0.3, 0.4) is 0 Å². The number of oxime groups is 1. The zero-order valence-corrected chi connectivity index (χ0v) is 12.6. The van der Waals surface area contributed by atoms with Crippen LogP contribution >= 0.6 is 0 Å².